The van der Waals surface area contributed by atoms with Gasteiger partial charge in [0.1, 0.15) is 5.75 Å². The molecule has 0 aromatic heterocycles. The van der Waals surface area contributed by atoms with Crippen LogP contribution in [0.15, 0.2) is 35.9 Å². The third-order valence-corrected chi connectivity index (χ3v) is 2.67. The van der Waals surface area contributed by atoms with Crippen molar-refractivity contribution in [1.29, 1.82) is 0 Å². The first-order valence-corrected chi connectivity index (χ1v) is 6.40. The van der Waals surface area contributed by atoms with Gasteiger partial charge < -0.3 is 15.0 Å². The van der Waals surface area contributed by atoms with Crippen molar-refractivity contribution >= 4 is 11.6 Å². The molecule has 0 saturated carbocycles. The van der Waals surface area contributed by atoms with Crippen LogP contribution in [0.4, 0.5) is 5.69 Å². The molecule has 0 aliphatic carbocycles. The van der Waals surface area contributed by atoms with Crippen LogP contribution in [0.1, 0.15) is 13.8 Å². The molecule has 0 heterocycles. The molecule has 0 radical (unpaired) electrons. The van der Waals surface area contributed by atoms with E-state index in [4.69, 9.17) is 4.74 Å². The molecule has 1 amide bonds. The van der Waals surface area contributed by atoms with E-state index in [0.29, 0.717) is 6.54 Å². The number of hydrogen-bond acceptors (Lipinski definition) is 2. The van der Waals surface area contributed by atoms with Crippen molar-refractivity contribution in [3.05, 3.63) is 35.9 Å². The summed E-state index contributed by atoms with van der Waals surface area (Å²) in [4.78, 5) is 13.0. The van der Waals surface area contributed by atoms with E-state index in [9.17, 15) is 4.79 Å². The van der Waals surface area contributed by atoms with Crippen LogP contribution in [0, 0.1) is 0 Å². The molecule has 1 atom stereocenters. The molecule has 1 unspecified atom stereocenters. The van der Waals surface area contributed by atoms with Gasteiger partial charge in [-0.05, 0) is 32.1 Å². The molecule has 0 aliphatic heterocycles. The predicted octanol–water partition coefficient (Wildman–Crippen LogP) is 1.11. The number of rotatable bonds is 6. The third-order valence-electron chi connectivity index (χ3n) is 2.67. The number of ether oxygens (including phenoxy) is 1. The molecule has 4 heteroatoms. The number of amides is 1. The second kappa shape index (κ2) is 7.59. The van der Waals surface area contributed by atoms with E-state index >= 15 is 0 Å². The highest BCUT2D eigenvalue weighted by molar-refractivity contribution is 5.91. The molecular formula is C15H23N2O2+. The lowest BCUT2D eigenvalue weighted by atomic mass is 10.3. The molecule has 1 aromatic rings. The summed E-state index contributed by atoms with van der Waals surface area (Å²) in [6, 6.07) is 7.37. The lowest BCUT2D eigenvalue weighted by molar-refractivity contribution is -0.864. The van der Waals surface area contributed by atoms with Gasteiger partial charge in [0.05, 0.1) is 20.7 Å². The molecule has 1 rings (SSSR count). The number of benzene rings is 1. The summed E-state index contributed by atoms with van der Waals surface area (Å²) in [5.74, 6) is 0.746. The molecule has 2 N–H and O–H groups in total. The van der Waals surface area contributed by atoms with Gasteiger partial charge in [0.2, 0.25) is 0 Å². The maximum absolute atomic E-state index is 11.9. The van der Waals surface area contributed by atoms with Crippen molar-refractivity contribution in [2.24, 2.45) is 0 Å². The van der Waals surface area contributed by atoms with E-state index in [2.05, 4.69) is 25.2 Å². The zero-order valence-corrected chi connectivity index (χ0v) is 12.1. The first-order chi connectivity index (χ1) is 9.01. The Bertz CT molecular complexity index is 451. The van der Waals surface area contributed by atoms with Crippen LogP contribution < -0.4 is 15.0 Å². The smallest absolute Gasteiger partial charge is 0.279 e. The van der Waals surface area contributed by atoms with Crippen molar-refractivity contribution in [2.75, 3.05) is 32.6 Å². The Labute approximate surface area is 115 Å². The molecule has 4 nitrogen and oxygen atoms in total. The fraction of sp³-hybridized carbons (Fsp3) is 0.400. The predicted molar refractivity (Wildman–Crippen MR) is 77.7 cm³/mol. The van der Waals surface area contributed by atoms with Crippen molar-refractivity contribution in [3.8, 4) is 5.75 Å². The number of nitrogens with one attached hydrogen (secondary N) is 2. The Balaban J connectivity index is 2.48. The molecule has 0 saturated heterocycles. The molecule has 1 aromatic carbocycles. The van der Waals surface area contributed by atoms with E-state index in [1.807, 2.05) is 31.3 Å². The van der Waals surface area contributed by atoms with Crippen LogP contribution in [0.25, 0.3) is 0 Å². The van der Waals surface area contributed by atoms with Crippen LogP contribution in [-0.4, -0.2) is 33.2 Å². The quantitative estimate of drug-likeness (QED) is 0.755. The fourth-order valence-electron chi connectivity index (χ4n) is 1.63. The first-order valence-electron chi connectivity index (χ1n) is 6.40. The summed E-state index contributed by atoms with van der Waals surface area (Å²) in [6.07, 6.45) is 2.13. The maximum atomic E-state index is 11.9. The van der Waals surface area contributed by atoms with Crippen molar-refractivity contribution in [3.63, 3.8) is 0 Å². The van der Waals surface area contributed by atoms with Crippen LogP contribution in [0.5, 0.6) is 5.75 Å². The average molecular weight is 263 g/mol. The number of likely N-dealkylation sites (N-methyl/N-ethyl adjacent to an activating group) is 1. The average Bonchev–Trinajstić information content (AvgIpc) is 2.36. The highest BCUT2D eigenvalue weighted by Crippen LogP contribution is 2.16. The molecule has 104 valence electrons. The van der Waals surface area contributed by atoms with Crippen molar-refractivity contribution in [2.45, 2.75) is 13.8 Å². The van der Waals surface area contributed by atoms with Crippen LogP contribution in [0.2, 0.25) is 0 Å². The molecule has 0 fully saturated rings. The van der Waals surface area contributed by atoms with Gasteiger partial charge in [-0.2, -0.15) is 0 Å². The monoisotopic (exact) mass is 263 g/mol. The molecule has 0 aliphatic rings. The molecule has 0 bridgehead atoms. The maximum Gasteiger partial charge on any atom is 0.279 e. The summed E-state index contributed by atoms with van der Waals surface area (Å²) >= 11 is 0. The van der Waals surface area contributed by atoms with E-state index < -0.39 is 0 Å². The van der Waals surface area contributed by atoms with Crippen LogP contribution in [0.3, 0.4) is 0 Å². The minimum Gasteiger partial charge on any atom is -0.497 e. The zero-order chi connectivity index (χ0) is 14.3. The minimum atomic E-state index is 0.00732. The molecule has 0 spiro atoms. The zero-order valence-electron chi connectivity index (χ0n) is 12.1. The lowest BCUT2D eigenvalue weighted by Crippen LogP contribution is -3.09. The van der Waals surface area contributed by atoms with Gasteiger partial charge in [-0.15, -0.1) is 0 Å². The van der Waals surface area contributed by atoms with Gasteiger partial charge in [-0.1, -0.05) is 11.6 Å². The Morgan fingerprint density at radius 1 is 1.42 bits per heavy atom. The van der Waals surface area contributed by atoms with E-state index in [1.54, 1.807) is 7.11 Å². The summed E-state index contributed by atoms with van der Waals surface area (Å²) in [7, 11) is 3.61. The van der Waals surface area contributed by atoms with Gasteiger partial charge in [0.15, 0.2) is 6.54 Å². The number of carbonyl (C=O) groups excluding carboxylic acids is 1. The number of methoxy groups -OCH3 is 1. The van der Waals surface area contributed by atoms with Gasteiger partial charge in [0.25, 0.3) is 5.91 Å². The Morgan fingerprint density at radius 3 is 2.79 bits per heavy atom. The summed E-state index contributed by atoms with van der Waals surface area (Å²) in [6.45, 7) is 5.42. The van der Waals surface area contributed by atoms with Gasteiger partial charge in [-0.25, -0.2) is 0 Å². The first kappa shape index (κ1) is 15.2. The van der Waals surface area contributed by atoms with Crippen molar-refractivity contribution in [1.82, 2.24) is 0 Å². The third kappa shape index (κ3) is 6.06. The Hall–Kier alpha value is -1.81. The standard InChI is InChI=1S/C15H22N2O2/c1-12(2)8-9-17(3)11-15(18)16-13-6-5-7-14(10-13)19-4/h5-8,10H,9,11H2,1-4H3,(H,16,18)/p+1. The highest BCUT2D eigenvalue weighted by Gasteiger charge is 2.09. The number of quaternary nitrogens is 1. The number of carbonyl (C=O) groups is 1. The largest absolute Gasteiger partial charge is 0.497 e. The summed E-state index contributed by atoms with van der Waals surface area (Å²) < 4.78 is 5.12. The van der Waals surface area contributed by atoms with Crippen molar-refractivity contribution < 1.29 is 14.4 Å². The van der Waals surface area contributed by atoms with Crippen LogP contribution in [-0.2, 0) is 4.79 Å². The lowest BCUT2D eigenvalue weighted by Gasteiger charge is -2.12. The Kier molecular flexibility index (Phi) is 6.09. The summed E-state index contributed by atoms with van der Waals surface area (Å²) in [5, 5.41) is 2.87. The normalized spacial score (nSPS) is 11.6. The Morgan fingerprint density at radius 2 is 2.16 bits per heavy atom. The SMILES string of the molecule is COc1cccc(NC(=O)C[NH+](C)CC=C(C)C)c1. The van der Waals surface area contributed by atoms with E-state index in [1.165, 1.54) is 5.57 Å². The second-order valence-electron chi connectivity index (χ2n) is 4.90. The summed E-state index contributed by atoms with van der Waals surface area (Å²) in [5.41, 5.74) is 2.03. The number of allylic oxidation sites excluding steroid dienone is 1. The van der Waals surface area contributed by atoms with Gasteiger partial charge >= 0.3 is 0 Å². The number of anilines is 1. The van der Waals surface area contributed by atoms with Gasteiger partial charge in [0, 0.05) is 11.8 Å². The molecular weight excluding hydrogens is 240 g/mol. The second-order valence-corrected chi connectivity index (χ2v) is 4.90. The topological polar surface area (TPSA) is 42.8 Å². The van der Waals surface area contributed by atoms with Gasteiger partial charge in [-0.3, -0.25) is 4.79 Å². The van der Waals surface area contributed by atoms with Crippen LogP contribution >= 0.6 is 0 Å². The highest BCUT2D eigenvalue weighted by atomic mass is 16.5. The van der Waals surface area contributed by atoms with E-state index in [0.717, 1.165) is 22.9 Å². The molecule has 19 heavy (non-hydrogen) atoms. The fourth-order valence-corrected chi connectivity index (χ4v) is 1.63. The van der Waals surface area contributed by atoms with E-state index in [-0.39, 0.29) is 5.91 Å². The number of hydrogen-bond donors (Lipinski definition) is 2. The minimum absolute atomic E-state index is 0.00732.